The quantitative estimate of drug-likeness (QED) is 0.576. The van der Waals surface area contributed by atoms with Gasteiger partial charge in [0.15, 0.2) is 5.78 Å². The molecule has 0 unspecified atom stereocenters. The van der Waals surface area contributed by atoms with Crippen LogP contribution in [0, 0.1) is 5.82 Å². The van der Waals surface area contributed by atoms with Crippen molar-refractivity contribution in [2.45, 2.75) is 0 Å². The van der Waals surface area contributed by atoms with Gasteiger partial charge >= 0.3 is 0 Å². The summed E-state index contributed by atoms with van der Waals surface area (Å²) in [6.45, 7) is 4.73. The van der Waals surface area contributed by atoms with Crippen molar-refractivity contribution in [2.75, 3.05) is 39.5 Å². The van der Waals surface area contributed by atoms with Crippen LogP contribution in [0.1, 0.15) is 15.9 Å². The molecule has 0 bridgehead atoms. The number of morpholine rings is 1. The van der Waals surface area contributed by atoms with Crippen molar-refractivity contribution < 1.29 is 18.7 Å². The molecule has 0 radical (unpaired) electrons. The Labute approximate surface area is 168 Å². The van der Waals surface area contributed by atoms with Crippen molar-refractivity contribution >= 4 is 5.78 Å². The van der Waals surface area contributed by atoms with Gasteiger partial charge in [0, 0.05) is 31.4 Å². The summed E-state index contributed by atoms with van der Waals surface area (Å²) in [5.74, 6) is 0.203. The number of carbonyl (C=O) groups is 1. The molecule has 1 aliphatic rings. The maximum absolute atomic E-state index is 13.1. The van der Waals surface area contributed by atoms with E-state index in [4.69, 9.17) is 9.47 Å². The van der Waals surface area contributed by atoms with Crippen LogP contribution in [-0.2, 0) is 4.74 Å². The minimum Gasteiger partial charge on any atom is -0.492 e. The number of benzene rings is 2. The molecule has 0 N–H and O–H groups in total. The first-order chi connectivity index (χ1) is 14.2. The number of nitrogens with zero attached hydrogens (tertiary/aromatic N) is 3. The Morgan fingerprint density at radius 1 is 1.10 bits per heavy atom. The molecule has 7 heteroatoms. The molecule has 4 rings (SSSR count). The van der Waals surface area contributed by atoms with Gasteiger partial charge < -0.3 is 9.47 Å². The Kier molecular flexibility index (Phi) is 5.97. The number of halogens is 1. The highest BCUT2D eigenvalue weighted by molar-refractivity contribution is 6.08. The Hall–Kier alpha value is -3.03. The molecule has 1 aliphatic heterocycles. The second-order valence-electron chi connectivity index (χ2n) is 6.81. The molecule has 0 spiro atoms. The Bertz CT molecular complexity index is 965. The molecule has 3 aromatic rings. The minimum absolute atomic E-state index is 0.142. The van der Waals surface area contributed by atoms with Crippen molar-refractivity contribution in [3.63, 3.8) is 0 Å². The van der Waals surface area contributed by atoms with Gasteiger partial charge in [-0.25, -0.2) is 9.07 Å². The second kappa shape index (κ2) is 8.98. The zero-order valence-electron chi connectivity index (χ0n) is 16.0. The fourth-order valence-electron chi connectivity index (χ4n) is 3.19. The highest BCUT2D eigenvalue weighted by Crippen LogP contribution is 2.18. The first kappa shape index (κ1) is 19.3. The van der Waals surface area contributed by atoms with Gasteiger partial charge in [-0.3, -0.25) is 9.69 Å². The van der Waals surface area contributed by atoms with Crippen molar-refractivity contribution in [1.29, 1.82) is 0 Å². The molecule has 29 heavy (non-hydrogen) atoms. The van der Waals surface area contributed by atoms with E-state index in [2.05, 4.69) is 10.00 Å². The van der Waals surface area contributed by atoms with E-state index in [1.165, 1.54) is 18.3 Å². The maximum Gasteiger partial charge on any atom is 0.196 e. The molecule has 1 fully saturated rings. The van der Waals surface area contributed by atoms with Crippen LogP contribution in [0.15, 0.2) is 60.9 Å². The smallest absolute Gasteiger partial charge is 0.196 e. The number of ether oxygens (including phenoxy) is 2. The third-order valence-electron chi connectivity index (χ3n) is 4.81. The number of aromatic nitrogens is 2. The number of hydrogen-bond acceptors (Lipinski definition) is 5. The molecule has 0 amide bonds. The summed E-state index contributed by atoms with van der Waals surface area (Å²) in [6.07, 6.45) is 3.15. The average Bonchev–Trinajstić information content (AvgIpc) is 3.25. The SMILES string of the molecule is O=C(c1cccc(OCCN2CCOCC2)c1)c1cnn(-c2ccc(F)cc2)c1. The first-order valence-corrected chi connectivity index (χ1v) is 9.57. The van der Waals surface area contributed by atoms with E-state index in [0.29, 0.717) is 29.2 Å². The van der Waals surface area contributed by atoms with Crippen LogP contribution in [0.4, 0.5) is 4.39 Å². The molecule has 6 nitrogen and oxygen atoms in total. The van der Waals surface area contributed by atoms with Crippen molar-refractivity contribution in [3.8, 4) is 11.4 Å². The minimum atomic E-state index is -0.317. The second-order valence-corrected chi connectivity index (χ2v) is 6.81. The van der Waals surface area contributed by atoms with E-state index in [-0.39, 0.29) is 11.6 Å². The molecule has 1 saturated heterocycles. The standard InChI is InChI=1S/C22H22FN3O3/c23-19-4-6-20(7-5-19)26-16-18(15-24-26)22(27)17-2-1-3-21(14-17)29-13-10-25-8-11-28-12-9-25/h1-7,14-16H,8-13H2. The Morgan fingerprint density at radius 2 is 1.90 bits per heavy atom. The molecule has 2 heterocycles. The van der Waals surface area contributed by atoms with E-state index in [1.54, 1.807) is 35.1 Å². The van der Waals surface area contributed by atoms with Gasteiger partial charge in [-0.2, -0.15) is 5.10 Å². The van der Waals surface area contributed by atoms with Crippen LogP contribution in [0.2, 0.25) is 0 Å². The lowest BCUT2D eigenvalue weighted by Crippen LogP contribution is -2.38. The lowest BCUT2D eigenvalue weighted by molar-refractivity contribution is 0.0322. The zero-order chi connectivity index (χ0) is 20.1. The monoisotopic (exact) mass is 395 g/mol. The summed E-state index contributed by atoms with van der Waals surface area (Å²) in [4.78, 5) is 15.1. The highest BCUT2D eigenvalue weighted by Gasteiger charge is 2.14. The van der Waals surface area contributed by atoms with Gasteiger partial charge in [-0.05, 0) is 36.4 Å². The third kappa shape index (κ3) is 4.88. The molecular weight excluding hydrogens is 373 g/mol. The molecule has 0 aliphatic carbocycles. The van der Waals surface area contributed by atoms with Crippen LogP contribution < -0.4 is 4.74 Å². The zero-order valence-corrected chi connectivity index (χ0v) is 16.0. The Balaban J connectivity index is 1.40. The van der Waals surface area contributed by atoms with Crippen molar-refractivity contribution in [2.24, 2.45) is 0 Å². The van der Waals surface area contributed by atoms with Crippen LogP contribution in [0.5, 0.6) is 5.75 Å². The fraction of sp³-hybridized carbons (Fsp3) is 0.273. The van der Waals surface area contributed by atoms with Crippen molar-refractivity contribution in [1.82, 2.24) is 14.7 Å². The lowest BCUT2D eigenvalue weighted by Gasteiger charge is -2.26. The van der Waals surface area contributed by atoms with E-state index >= 15 is 0 Å². The molecule has 2 aromatic carbocycles. The number of ketones is 1. The van der Waals surface area contributed by atoms with Crippen LogP contribution in [-0.4, -0.2) is 59.9 Å². The average molecular weight is 395 g/mol. The van der Waals surface area contributed by atoms with Gasteiger partial charge in [-0.1, -0.05) is 12.1 Å². The topological polar surface area (TPSA) is 56.6 Å². The van der Waals surface area contributed by atoms with E-state index in [1.807, 2.05) is 12.1 Å². The molecule has 1 aromatic heterocycles. The molecule has 0 atom stereocenters. The van der Waals surface area contributed by atoms with Gasteiger partial charge in [0.25, 0.3) is 0 Å². The Morgan fingerprint density at radius 3 is 2.69 bits per heavy atom. The molecule has 150 valence electrons. The van der Waals surface area contributed by atoms with Gasteiger partial charge in [0.2, 0.25) is 0 Å². The third-order valence-corrected chi connectivity index (χ3v) is 4.81. The number of hydrogen-bond donors (Lipinski definition) is 0. The van der Waals surface area contributed by atoms with Gasteiger partial charge in [0.1, 0.15) is 18.2 Å². The summed E-state index contributed by atoms with van der Waals surface area (Å²) in [6, 6.07) is 13.1. The van der Waals surface area contributed by atoms with E-state index < -0.39 is 0 Å². The predicted octanol–water partition coefficient (Wildman–Crippen LogP) is 2.95. The molecule has 0 saturated carbocycles. The summed E-state index contributed by atoms with van der Waals surface area (Å²) in [5, 5.41) is 4.21. The first-order valence-electron chi connectivity index (χ1n) is 9.57. The molecular formula is C22H22FN3O3. The summed E-state index contributed by atoms with van der Waals surface area (Å²) in [7, 11) is 0. The highest BCUT2D eigenvalue weighted by atomic mass is 19.1. The van der Waals surface area contributed by atoms with E-state index in [0.717, 1.165) is 32.8 Å². The van der Waals surface area contributed by atoms with Crippen LogP contribution in [0.3, 0.4) is 0 Å². The predicted molar refractivity (Wildman–Crippen MR) is 106 cm³/mol. The maximum atomic E-state index is 13.1. The lowest BCUT2D eigenvalue weighted by atomic mass is 10.1. The number of rotatable bonds is 7. The summed E-state index contributed by atoms with van der Waals surface area (Å²) in [5.41, 5.74) is 1.68. The van der Waals surface area contributed by atoms with Gasteiger partial charge in [-0.15, -0.1) is 0 Å². The fourth-order valence-corrected chi connectivity index (χ4v) is 3.19. The van der Waals surface area contributed by atoms with Crippen LogP contribution in [0.25, 0.3) is 5.69 Å². The van der Waals surface area contributed by atoms with Crippen LogP contribution >= 0.6 is 0 Å². The summed E-state index contributed by atoms with van der Waals surface area (Å²) >= 11 is 0. The summed E-state index contributed by atoms with van der Waals surface area (Å²) < 4.78 is 25.8. The van der Waals surface area contributed by atoms with Gasteiger partial charge in [0.05, 0.1) is 30.7 Å². The van der Waals surface area contributed by atoms with Crippen molar-refractivity contribution in [3.05, 3.63) is 77.9 Å². The largest absolute Gasteiger partial charge is 0.492 e. The number of carbonyl (C=O) groups excluding carboxylic acids is 1. The van der Waals surface area contributed by atoms with E-state index in [9.17, 15) is 9.18 Å². The normalized spacial score (nSPS) is 14.7.